The first kappa shape index (κ1) is 12.1. The molecule has 0 fully saturated rings. The van der Waals surface area contributed by atoms with Gasteiger partial charge in [0.15, 0.2) is 0 Å². The fraction of sp³-hybridized carbons (Fsp3) is 0. The second kappa shape index (κ2) is 4.60. The number of halogens is 1. The molecule has 4 nitrogen and oxygen atoms in total. The van der Waals surface area contributed by atoms with Crippen LogP contribution in [0, 0.1) is 0 Å². The fourth-order valence-electron chi connectivity index (χ4n) is 1.92. The Hall–Kier alpha value is -1.98. The van der Waals surface area contributed by atoms with Crippen LogP contribution in [0.2, 0.25) is 0 Å². The lowest BCUT2D eigenvalue weighted by Crippen LogP contribution is -2.06. The summed E-state index contributed by atoms with van der Waals surface area (Å²) in [5, 5.41) is 2.50. The van der Waals surface area contributed by atoms with Gasteiger partial charge in [0, 0.05) is 34.2 Å². The van der Waals surface area contributed by atoms with Gasteiger partial charge in [0.25, 0.3) is 5.24 Å². The summed E-state index contributed by atoms with van der Waals surface area (Å²) in [6.07, 6.45) is 3.24. The second-order valence-corrected chi connectivity index (χ2v) is 5.14. The number of nitrogens with one attached hydrogen (secondary N) is 1. The number of H-pyrrole nitrogens is 1. The van der Waals surface area contributed by atoms with Crippen molar-refractivity contribution in [2.45, 2.75) is 0 Å². The molecule has 6 heteroatoms. The smallest absolute Gasteiger partial charge is 0.293 e. The maximum Gasteiger partial charge on any atom is 0.293 e. The van der Waals surface area contributed by atoms with Gasteiger partial charge in [0.1, 0.15) is 5.01 Å². The number of Topliss-reactive ketones (excluding diaryl/α,β-unsaturated/α-hetero) is 1. The van der Waals surface area contributed by atoms with Gasteiger partial charge in [0.05, 0.1) is 5.56 Å². The van der Waals surface area contributed by atoms with Gasteiger partial charge in [-0.1, -0.05) is 12.1 Å². The third-order valence-corrected chi connectivity index (χ3v) is 3.78. The van der Waals surface area contributed by atoms with Gasteiger partial charge < -0.3 is 4.98 Å². The molecule has 0 aliphatic rings. The summed E-state index contributed by atoms with van der Waals surface area (Å²) in [7, 11) is 0. The minimum absolute atomic E-state index is 0.292. The van der Waals surface area contributed by atoms with Crippen LogP contribution < -0.4 is 0 Å². The highest BCUT2D eigenvalue weighted by molar-refractivity contribution is 7.13. The first-order valence-corrected chi connectivity index (χ1v) is 6.68. The van der Waals surface area contributed by atoms with E-state index in [-0.39, 0.29) is 0 Å². The van der Waals surface area contributed by atoms with Gasteiger partial charge in [-0.25, -0.2) is 4.98 Å². The van der Waals surface area contributed by atoms with Gasteiger partial charge in [-0.2, -0.15) is 0 Å². The van der Waals surface area contributed by atoms with Crippen LogP contribution in [-0.2, 0) is 4.79 Å². The Kier molecular flexibility index (Phi) is 2.93. The summed E-state index contributed by atoms with van der Waals surface area (Å²) in [5.74, 6) is -0.699. The Bertz CT molecular complexity index is 777. The number of carbonyl (C=O) groups is 2. The number of aromatic amines is 1. The van der Waals surface area contributed by atoms with Crippen LogP contribution in [0.4, 0.5) is 0 Å². The highest BCUT2D eigenvalue weighted by Gasteiger charge is 2.18. The molecule has 0 aliphatic carbocycles. The van der Waals surface area contributed by atoms with Gasteiger partial charge in [-0.3, -0.25) is 9.59 Å². The average Bonchev–Trinajstić information content (AvgIpc) is 3.06. The van der Waals surface area contributed by atoms with Crippen LogP contribution in [0.15, 0.2) is 36.0 Å². The molecule has 1 N–H and O–H groups in total. The molecular weight excluding hydrogens is 284 g/mol. The number of aromatic nitrogens is 2. The summed E-state index contributed by atoms with van der Waals surface area (Å²) in [4.78, 5) is 29.8. The van der Waals surface area contributed by atoms with E-state index in [1.54, 1.807) is 12.3 Å². The molecule has 1 aromatic carbocycles. The monoisotopic (exact) mass is 290 g/mol. The molecular formula is C13H7ClN2O2S. The predicted molar refractivity (Wildman–Crippen MR) is 74.6 cm³/mol. The van der Waals surface area contributed by atoms with E-state index in [1.807, 2.05) is 17.5 Å². The van der Waals surface area contributed by atoms with Crippen molar-refractivity contribution < 1.29 is 9.59 Å². The summed E-state index contributed by atoms with van der Waals surface area (Å²) >= 11 is 6.76. The molecule has 2 heterocycles. The van der Waals surface area contributed by atoms with Crippen molar-refractivity contribution in [3.63, 3.8) is 0 Å². The molecule has 3 aromatic rings. The minimum atomic E-state index is -0.982. The van der Waals surface area contributed by atoms with Crippen LogP contribution in [0.25, 0.3) is 21.5 Å². The Morgan fingerprint density at radius 2 is 2.16 bits per heavy atom. The number of hydrogen-bond donors (Lipinski definition) is 1. The highest BCUT2D eigenvalue weighted by atomic mass is 35.5. The number of ketones is 1. The molecule has 94 valence electrons. The molecule has 19 heavy (non-hydrogen) atoms. The van der Waals surface area contributed by atoms with Crippen LogP contribution in [0.3, 0.4) is 0 Å². The highest BCUT2D eigenvalue weighted by Crippen LogP contribution is 2.27. The Labute approximate surface area is 117 Å². The number of rotatable bonds is 3. The summed E-state index contributed by atoms with van der Waals surface area (Å²) in [5.41, 5.74) is 2.02. The topological polar surface area (TPSA) is 62.8 Å². The predicted octanol–water partition coefficient (Wildman–Crippen LogP) is 3.24. The zero-order chi connectivity index (χ0) is 13.4. The van der Waals surface area contributed by atoms with Crippen LogP contribution in [0.5, 0.6) is 0 Å². The van der Waals surface area contributed by atoms with Crippen molar-refractivity contribution in [2.75, 3.05) is 0 Å². The van der Waals surface area contributed by atoms with Crippen molar-refractivity contribution in [1.82, 2.24) is 9.97 Å². The Morgan fingerprint density at radius 3 is 2.84 bits per heavy atom. The molecule has 0 atom stereocenters. The summed E-state index contributed by atoms with van der Waals surface area (Å²) < 4.78 is 0. The molecule has 0 unspecified atom stereocenters. The molecule has 0 bridgehead atoms. The molecule has 0 saturated carbocycles. The minimum Gasteiger partial charge on any atom is -0.360 e. The van der Waals surface area contributed by atoms with Gasteiger partial charge in [-0.15, -0.1) is 11.3 Å². The van der Waals surface area contributed by atoms with Crippen molar-refractivity contribution in [3.8, 4) is 10.6 Å². The average molecular weight is 291 g/mol. The van der Waals surface area contributed by atoms with Crippen molar-refractivity contribution >= 4 is 44.9 Å². The van der Waals surface area contributed by atoms with E-state index in [4.69, 9.17) is 11.6 Å². The Balaban J connectivity index is 2.12. The number of hydrogen-bond acceptors (Lipinski definition) is 4. The zero-order valence-electron chi connectivity index (χ0n) is 9.51. The molecule has 0 radical (unpaired) electrons. The standard InChI is InChI=1S/C13H7ClN2O2S/c14-12(18)11(17)9-6-16-10-5-7(1-2-8(9)10)13-15-3-4-19-13/h1-6,16H. The third kappa shape index (κ3) is 2.07. The van der Waals surface area contributed by atoms with E-state index in [1.165, 1.54) is 17.5 Å². The normalized spacial score (nSPS) is 10.8. The molecule has 0 amide bonds. The molecule has 0 aliphatic heterocycles. The number of carbonyl (C=O) groups excluding carboxylic acids is 2. The van der Waals surface area contributed by atoms with Crippen molar-refractivity contribution in [2.24, 2.45) is 0 Å². The van der Waals surface area contributed by atoms with Crippen LogP contribution in [0.1, 0.15) is 10.4 Å². The number of benzene rings is 1. The number of fused-ring (bicyclic) bond motifs is 1. The van der Waals surface area contributed by atoms with Gasteiger partial charge in [-0.05, 0) is 17.7 Å². The quantitative estimate of drug-likeness (QED) is 0.457. The van der Waals surface area contributed by atoms with Crippen LogP contribution >= 0.6 is 22.9 Å². The van der Waals surface area contributed by atoms with Crippen LogP contribution in [-0.4, -0.2) is 21.0 Å². The molecule has 0 saturated heterocycles. The molecule has 3 rings (SSSR count). The lowest BCUT2D eigenvalue weighted by Gasteiger charge is -1.98. The van der Waals surface area contributed by atoms with E-state index >= 15 is 0 Å². The van der Waals surface area contributed by atoms with Crippen molar-refractivity contribution in [1.29, 1.82) is 0 Å². The van der Waals surface area contributed by atoms with Gasteiger partial charge >= 0.3 is 0 Å². The maximum absolute atomic E-state index is 11.6. The lowest BCUT2D eigenvalue weighted by atomic mass is 10.1. The number of thiazole rings is 1. The van der Waals surface area contributed by atoms with E-state index in [9.17, 15) is 9.59 Å². The summed E-state index contributed by atoms with van der Waals surface area (Å²) in [6, 6.07) is 5.55. The molecule has 2 aromatic heterocycles. The van der Waals surface area contributed by atoms with E-state index < -0.39 is 11.0 Å². The van der Waals surface area contributed by atoms with Gasteiger partial charge in [0.2, 0.25) is 5.78 Å². The SMILES string of the molecule is O=C(Cl)C(=O)c1c[nH]c2cc(-c3nccs3)ccc12. The maximum atomic E-state index is 11.6. The van der Waals surface area contributed by atoms with E-state index in [0.29, 0.717) is 10.9 Å². The second-order valence-electron chi connectivity index (χ2n) is 3.90. The largest absolute Gasteiger partial charge is 0.360 e. The first-order valence-electron chi connectivity index (χ1n) is 5.42. The zero-order valence-corrected chi connectivity index (χ0v) is 11.1. The van der Waals surface area contributed by atoms with E-state index in [0.717, 1.165) is 16.1 Å². The lowest BCUT2D eigenvalue weighted by molar-refractivity contribution is -0.108. The first-order chi connectivity index (χ1) is 9.16. The molecule has 0 spiro atoms. The fourth-order valence-corrected chi connectivity index (χ4v) is 2.66. The summed E-state index contributed by atoms with van der Waals surface area (Å²) in [6.45, 7) is 0. The van der Waals surface area contributed by atoms with Crippen molar-refractivity contribution in [3.05, 3.63) is 41.5 Å². The number of nitrogens with zero attached hydrogens (tertiary/aromatic N) is 1. The van der Waals surface area contributed by atoms with E-state index in [2.05, 4.69) is 9.97 Å². The third-order valence-electron chi connectivity index (χ3n) is 2.78. The Morgan fingerprint density at radius 1 is 1.32 bits per heavy atom.